The molecule has 1 fully saturated rings. The number of nitrogens with zero attached hydrogens (tertiary/aromatic N) is 1. The Bertz CT molecular complexity index is 637. The number of carbonyl (C=O) groups is 2. The van der Waals surface area contributed by atoms with Gasteiger partial charge in [-0.1, -0.05) is 11.6 Å². The van der Waals surface area contributed by atoms with Crippen molar-refractivity contribution in [1.29, 1.82) is 0 Å². The maximum atomic E-state index is 11.8. The van der Waals surface area contributed by atoms with Gasteiger partial charge in [0.05, 0.1) is 5.69 Å². The number of aromatic nitrogens is 1. The van der Waals surface area contributed by atoms with E-state index in [4.69, 9.17) is 16.3 Å². The van der Waals surface area contributed by atoms with Crippen molar-refractivity contribution in [2.24, 2.45) is 0 Å². The van der Waals surface area contributed by atoms with Crippen LogP contribution in [0.25, 0.3) is 0 Å². The van der Waals surface area contributed by atoms with Gasteiger partial charge in [0.1, 0.15) is 16.3 Å². The Labute approximate surface area is 152 Å². The summed E-state index contributed by atoms with van der Waals surface area (Å²) in [6, 6.07) is 1.79. The van der Waals surface area contributed by atoms with E-state index in [0.717, 1.165) is 25.7 Å². The number of carboxylic acids is 1. The fourth-order valence-electron chi connectivity index (χ4n) is 2.84. The summed E-state index contributed by atoms with van der Waals surface area (Å²) in [4.78, 5) is 27.0. The Morgan fingerprint density at radius 1 is 1.24 bits per heavy atom. The smallest absolute Gasteiger partial charge is 0.407 e. The molecule has 0 spiro atoms. The first kappa shape index (κ1) is 19.3. The molecule has 138 valence electrons. The molecule has 1 aliphatic rings. The molecule has 1 saturated carbocycles. The molecule has 1 amide bonds. The molecular weight excluding hydrogens is 346 g/mol. The number of ether oxygens (including phenoxy) is 1. The number of alkyl carbamates (subject to hydrolysis) is 1. The molecule has 1 heterocycles. The zero-order valence-electron chi connectivity index (χ0n) is 14.6. The molecule has 0 unspecified atom stereocenters. The number of carbonyl (C=O) groups excluding carboxylic acids is 1. The predicted octanol–water partition coefficient (Wildman–Crippen LogP) is 3.68. The summed E-state index contributed by atoms with van der Waals surface area (Å²) in [5, 5.41) is 15.4. The minimum Gasteiger partial charge on any atom is -0.478 e. The van der Waals surface area contributed by atoms with Gasteiger partial charge in [-0.3, -0.25) is 0 Å². The van der Waals surface area contributed by atoms with Crippen LogP contribution >= 0.6 is 11.6 Å². The van der Waals surface area contributed by atoms with Crippen molar-refractivity contribution in [3.63, 3.8) is 0 Å². The van der Waals surface area contributed by atoms with Crippen molar-refractivity contribution in [3.8, 4) is 0 Å². The van der Waals surface area contributed by atoms with Crippen LogP contribution in [-0.2, 0) is 4.74 Å². The third-order valence-corrected chi connectivity index (χ3v) is 4.21. The zero-order chi connectivity index (χ0) is 18.6. The number of anilines is 1. The highest BCUT2D eigenvalue weighted by Crippen LogP contribution is 2.27. The second-order valence-corrected chi connectivity index (χ2v) is 7.53. The average Bonchev–Trinajstić information content (AvgIpc) is 2.47. The average molecular weight is 370 g/mol. The highest BCUT2D eigenvalue weighted by Gasteiger charge is 2.26. The van der Waals surface area contributed by atoms with Gasteiger partial charge in [-0.15, -0.1) is 0 Å². The van der Waals surface area contributed by atoms with Crippen LogP contribution in [-0.4, -0.2) is 39.8 Å². The van der Waals surface area contributed by atoms with Gasteiger partial charge in [-0.05, 0) is 52.5 Å². The molecule has 0 bridgehead atoms. The van der Waals surface area contributed by atoms with Gasteiger partial charge in [-0.2, -0.15) is 0 Å². The number of amides is 1. The lowest BCUT2D eigenvalue weighted by molar-refractivity contribution is 0.0491. The van der Waals surface area contributed by atoms with Gasteiger partial charge in [-0.25, -0.2) is 14.6 Å². The van der Waals surface area contributed by atoms with E-state index < -0.39 is 17.7 Å². The fraction of sp³-hybridized carbons (Fsp3) is 0.588. The lowest BCUT2D eigenvalue weighted by Gasteiger charge is -2.31. The largest absolute Gasteiger partial charge is 0.478 e. The van der Waals surface area contributed by atoms with Gasteiger partial charge in [0.2, 0.25) is 0 Å². The number of hydrogen-bond donors (Lipinski definition) is 3. The van der Waals surface area contributed by atoms with Gasteiger partial charge < -0.3 is 20.5 Å². The SMILES string of the molecule is CC(C)(C)OC(=O)NC1CCC(Nc2ccnc(Cl)c2C(=O)O)CC1. The van der Waals surface area contributed by atoms with E-state index in [9.17, 15) is 14.7 Å². The number of rotatable bonds is 4. The normalized spacial score (nSPS) is 20.6. The Morgan fingerprint density at radius 2 is 1.84 bits per heavy atom. The van der Waals surface area contributed by atoms with Crippen molar-refractivity contribution < 1.29 is 19.4 Å². The lowest BCUT2D eigenvalue weighted by atomic mass is 9.91. The third kappa shape index (κ3) is 5.77. The quantitative estimate of drug-likeness (QED) is 0.700. The summed E-state index contributed by atoms with van der Waals surface area (Å²) in [6.07, 6.45) is 4.26. The molecule has 3 N–H and O–H groups in total. The van der Waals surface area contributed by atoms with Crippen molar-refractivity contribution in [3.05, 3.63) is 23.0 Å². The minimum atomic E-state index is -1.11. The first-order valence-corrected chi connectivity index (χ1v) is 8.67. The van der Waals surface area contributed by atoms with Crippen LogP contribution in [0.15, 0.2) is 12.3 Å². The van der Waals surface area contributed by atoms with E-state index in [1.807, 2.05) is 20.8 Å². The number of aromatic carboxylic acids is 1. The Balaban J connectivity index is 1.88. The molecule has 25 heavy (non-hydrogen) atoms. The first-order valence-electron chi connectivity index (χ1n) is 8.29. The molecule has 8 heteroatoms. The van der Waals surface area contributed by atoms with Gasteiger partial charge in [0.15, 0.2) is 0 Å². The van der Waals surface area contributed by atoms with E-state index >= 15 is 0 Å². The van der Waals surface area contributed by atoms with E-state index in [2.05, 4.69) is 15.6 Å². The molecule has 1 aromatic heterocycles. The molecular formula is C17H24ClN3O4. The summed E-state index contributed by atoms with van der Waals surface area (Å²) in [7, 11) is 0. The maximum absolute atomic E-state index is 11.8. The van der Waals surface area contributed by atoms with Gasteiger partial charge in [0.25, 0.3) is 0 Å². The van der Waals surface area contributed by atoms with Crippen LogP contribution in [0.4, 0.5) is 10.5 Å². The Kier molecular flexibility index (Phi) is 6.11. The van der Waals surface area contributed by atoms with Crippen LogP contribution in [0.3, 0.4) is 0 Å². The predicted molar refractivity (Wildman–Crippen MR) is 95.2 cm³/mol. The molecule has 2 rings (SSSR count). The fourth-order valence-corrected chi connectivity index (χ4v) is 3.08. The van der Waals surface area contributed by atoms with Crippen LogP contribution in [0.2, 0.25) is 5.15 Å². The standard InChI is InChI=1S/C17H24ClN3O4/c1-17(2,3)25-16(24)21-11-6-4-10(5-7-11)20-12-8-9-19-14(18)13(12)15(22)23/h8-11H,4-7H2,1-3H3,(H,19,20)(H,21,24)(H,22,23). The number of nitrogens with one attached hydrogen (secondary N) is 2. The topological polar surface area (TPSA) is 101 Å². The molecule has 0 atom stereocenters. The number of carboxylic acid groups (broad SMARTS) is 1. The number of pyridine rings is 1. The molecule has 7 nitrogen and oxygen atoms in total. The first-order chi connectivity index (χ1) is 11.7. The number of hydrogen-bond acceptors (Lipinski definition) is 5. The molecule has 0 saturated heterocycles. The van der Waals surface area contributed by atoms with E-state index in [-0.39, 0.29) is 22.8 Å². The van der Waals surface area contributed by atoms with Crippen LogP contribution in [0, 0.1) is 0 Å². The second-order valence-electron chi connectivity index (χ2n) is 7.17. The van der Waals surface area contributed by atoms with Gasteiger partial charge >= 0.3 is 12.1 Å². The number of halogens is 1. The van der Waals surface area contributed by atoms with Crippen molar-refractivity contribution >= 4 is 29.4 Å². The van der Waals surface area contributed by atoms with Crippen molar-refractivity contribution in [1.82, 2.24) is 10.3 Å². The maximum Gasteiger partial charge on any atom is 0.407 e. The molecule has 0 aromatic carbocycles. The van der Waals surface area contributed by atoms with Crippen LogP contribution < -0.4 is 10.6 Å². The van der Waals surface area contributed by atoms with Gasteiger partial charge in [0, 0.05) is 18.3 Å². The molecule has 1 aromatic rings. The minimum absolute atomic E-state index is 0.0156. The molecule has 0 aliphatic heterocycles. The lowest BCUT2D eigenvalue weighted by Crippen LogP contribution is -2.42. The Hall–Kier alpha value is -2.02. The van der Waals surface area contributed by atoms with Crippen molar-refractivity contribution in [2.45, 2.75) is 64.1 Å². The molecule has 1 aliphatic carbocycles. The summed E-state index contributed by atoms with van der Waals surface area (Å²) in [5.41, 5.74) is -0.0642. The van der Waals surface area contributed by atoms with E-state index in [1.54, 1.807) is 6.07 Å². The monoisotopic (exact) mass is 369 g/mol. The Morgan fingerprint density at radius 3 is 2.40 bits per heavy atom. The van der Waals surface area contributed by atoms with E-state index in [0.29, 0.717) is 5.69 Å². The summed E-state index contributed by atoms with van der Waals surface area (Å²) in [6.45, 7) is 5.48. The highest BCUT2D eigenvalue weighted by molar-refractivity contribution is 6.33. The van der Waals surface area contributed by atoms with E-state index in [1.165, 1.54) is 6.20 Å². The van der Waals surface area contributed by atoms with Crippen molar-refractivity contribution in [2.75, 3.05) is 5.32 Å². The third-order valence-electron chi connectivity index (χ3n) is 3.93. The summed E-state index contributed by atoms with van der Waals surface area (Å²) >= 11 is 5.88. The van der Waals surface area contributed by atoms with Crippen LogP contribution in [0.1, 0.15) is 56.8 Å². The summed E-state index contributed by atoms with van der Waals surface area (Å²) < 4.78 is 5.27. The second kappa shape index (κ2) is 7.91. The highest BCUT2D eigenvalue weighted by atomic mass is 35.5. The summed E-state index contributed by atoms with van der Waals surface area (Å²) in [5.74, 6) is -1.11. The zero-order valence-corrected chi connectivity index (χ0v) is 15.4. The van der Waals surface area contributed by atoms with Crippen LogP contribution in [0.5, 0.6) is 0 Å². The molecule has 0 radical (unpaired) electrons.